The number of hydrogen-bond acceptors (Lipinski definition) is 4. The summed E-state index contributed by atoms with van der Waals surface area (Å²) in [6.07, 6.45) is 2.75. The maximum atomic E-state index is 13.6. The zero-order valence-corrected chi connectivity index (χ0v) is 14.0. The van der Waals surface area contributed by atoms with E-state index in [4.69, 9.17) is 11.6 Å². The molecule has 7 heteroatoms. The van der Waals surface area contributed by atoms with E-state index in [-0.39, 0.29) is 11.4 Å². The Morgan fingerprint density at radius 2 is 1.80 bits per heavy atom. The lowest BCUT2D eigenvalue weighted by Gasteiger charge is -2.10. The van der Waals surface area contributed by atoms with Crippen LogP contribution in [0, 0.1) is 12.7 Å². The van der Waals surface area contributed by atoms with Crippen LogP contribution in [-0.2, 0) is 0 Å². The lowest BCUT2D eigenvalue weighted by Crippen LogP contribution is -2.15. The summed E-state index contributed by atoms with van der Waals surface area (Å²) in [7, 11) is 0. The van der Waals surface area contributed by atoms with Crippen LogP contribution in [0.2, 0.25) is 5.02 Å². The summed E-state index contributed by atoms with van der Waals surface area (Å²) in [4.78, 5) is 20.3. The summed E-state index contributed by atoms with van der Waals surface area (Å²) in [6, 6.07) is 11.4. The van der Waals surface area contributed by atoms with Gasteiger partial charge in [-0.3, -0.25) is 4.79 Å². The fourth-order valence-electron chi connectivity index (χ4n) is 2.14. The van der Waals surface area contributed by atoms with Gasteiger partial charge in [-0.2, -0.15) is 0 Å². The molecule has 2 N–H and O–H groups in total. The van der Waals surface area contributed by atoms with E-state index in [1.807, 2.05) is 19.1 Å². The quantitative estimate of drug-likeness (QED) is 0.718. The van der Waals surface area contributed by atoms with Crippen molar-refractivity contribution in [2.75, 3.05) is 10.6 Å². The highest BCUT2D eigenvalue weighted by Crippen LogP contribution is 2.25. The number of hydrogen-bond donors (Lipinski definition) is 2. The first-order valence-electron chi connectivity index (χ1n) is 7.44. The normalized spacial score (nSPS) is 10.4. The van der Waals surface area contributed by atoms with Crippen LogP contribution < -0.4 is 10.6 Å². The first kappa shape index (κ1) is 16.9. The minimum absolute atomic E-state index is 0.0802. The molecule has 0 fully saturated rings. The molecular formula is C18H14ClFN4O. The second-order valence-corrected chi connectivity index (χ2v) is 5.67. The monoisotopic (exact) mass is 356 g/mol. The molecule has 25 heavy (non-hydrogen) atoms. The molecule has 0 saturated carbocycles. The van der Waals surface area contributed by atoms with E-state index < -0.39 is 11.7 Å². The van der Waals surface area contributed by atoms with Crippen molar-refractivity contribution in [3.05, 3.63) is 77.0 Å². The Morgan fingerprint density at radius 3 is 2.52 bits per heavy atom. The highest BCUT2D eigenvalue weighted by molar-refractivity contribution is 6.31. The molecule has 2 aromatic carbocycles. The predicted molar refractivity (Wildman–Crippen MR) is 95.9 cm³/mol. The Balaban J connectivity index is 1.73. The average molecular weight is 357 g/mol. The maximum Gasteiger partial charge on any atom is 0.275 e. The van der Waals surface area contributed by atoms with Gasteiger partial charge in [-0.1, -0.05) is 29.8 Å². The predicted octanol–water partition coefficient (Wildman–Crippen LogP) is 4.57. The number of amides is 1. The number of halogens is 2. The van der Waals surface area contributed by atoms with Gasteiger partial charge >= 0.3 is 0 Å². The molecule has 0 bridgehead atoms. The van der Waals surface area contributed by atoms with Gasteiger partial charge in [0.05, 0.1) is 18.1 Å². The van der Waals surface area contributed by atoms with Crippen LogP contribution in [0.5, 0.6) is 0 Å². The zero-order valence-electron chi connectivity index (χ0n) is 13.3. The van der Waals surface area contributed by atoms with Gasteiger partial charge in [0.1, 0.15) is 17.3 Å². The summed E-state index contributed by atoms with van der Waals surface area (Å²) >= 11 is 6.08. The number of nitrogens with zero attached hydrogens (tertiary/aromatic N) is 2. The number of benzene rings is 2. The lowest BCUT2D eigenvalue weighted by molar-refractivity contribution is 0.102. The van der Waals surface area contributed by atoms with Crippen molar-refractivity contribution >= 4 is 34.7 Å². The van der Waals surface area contributed by atoms with E-state index in [1.54, 1.807) is 18.2 Å². The van der Waals surface area contributed by atoms with E-state index >= 15 is 0 Å². The van der Waals surface area contributed by atoms with Crippen LogP contribution in [0.3, 0.4) is 0 Å². The molecule has 0 radical (unpaired) electrons. The molecule has 0 aliphatic heterocycles. The standard InChI is InChI=1S/C18H14ClFN4O/c1-11-12(19)5-4-8-14(11)23-17-10-21-16(9-22-17)18(25)24-15-7-3-2-6-13(15)20/h2-10H,1H3,(H,22,23)(H,24,25). The summed E-state index contributed by atoms with van der Waals surface area (Å²) < 4.78 is 13.6. The number of anilines is 3. The van der Waals surface area contributed by atoms with E-state index in [1.165, 1.54) is 24.5 Å². The van der Waals surface area contributed by atoms with E-state index in [0.717, 1.165) is 11.3 Å². The summed E-state index contributed by atoms with van der Waals surface area (Å²) in [5.74, 6) is -0.588. The molecule has 3 rings (SSSR count). The molecule has 1 amide bonds. The van der Waals surface area contributed by atoms with E-state index in [9.17, 15) is 9.18 Å². The largest absolute Gasteiger partial charge is 0.339 e. The fraction of sp³-hybridized carbons (Fsp3) is 0.0556. The second kappa shape index (κ2) is 7.27. The molecule has 0 saturated heterocycles. The van der Waals surface area contributed by atoms with Crippen molar-refractivity contribution in [3.8, 4) is 0 Å². The molecule has 0 unspecified atom stereocenters. The Hall–Kier alpha value is -2.99. The number of aromatic nitrogens is 2. The lowest BCUT2D eigenvalue weighted by atomic mass is 10.2. The Labute approximate surface area is 148 Å². The van der Waals surface area contributed by atoms with Gasteiger partial charge in [-0.15, -0.1) is 0 Å². The van der Waals surface area contributed by atoms with E-state index in [2.05, 4.69) is 20.6 Å². The minimum atomic E-state index is -0.539. The van der Waals surface area contributed by atoms with Crippen molar-refractivity contribution < 1.29 is 9.18 Å². The van der Waals surface area contributed by atoms with Crippen molar-refractivity contribution in [1.82, 2.24) is 9.97 Å². The topological polar surface area (TPSA) is 66.9 Å². The first-order chi connectivity index (χ1) is 12.0. The molecular weight excluding hydrogens is 343 g/mol. The van der Waals surface area contributed by atoms with Crippen LogP contribution in [0.15, 0.2) is 54.9 Å². The maximum absolute atomic E-state index is 13.6. The molecule has 0 atom stereocenters. The first-order valence-corrected chi connectivity index (χ1v) is 7.82. The van der Waals surface area contributed by atoms with Gasteiger partial charge in [-0.05, 0) is 36.8 Å². The van der Waals surface area contributed by atoms with Crippen LogP contribution in [0.4, 0.5) is 21.6 Å². The third-order valence-corrected chi connectivity index (χ3v) is 3.95. The van der Waals surface area contributed by atoms with Crippen LogP contribution in [0.25, 0.3) is 0 Å². The number of nitrogens with one attached hydrogen (secondary N) is 2. The molecule has 0 spiro atoms. The van der Waals surface area contributed by atoms with Gasteiger partial charge in [-0.25, -0.2) is 14.4 Å². The number of rotatable bonds is 4. The van der Waals surface area contributed by atoms with Gasteiger partial charge in [0.2, 0.25) is 0 Å². The molecule has 0 aliphatic carbocycles. The van der Waals surface area contributed by atoms with E-state index in [0.29, 0.717) is 10.8 Å². The summed E-state index contributed by atoms with van der Waals surface area (Å²) in [5.41, 5.74) is 1.85. The molecule has 126 valence electrons. The van der Waals surface area contributed by atoms with Crippen LogP contribution in [-0.4, -0.2) is 15.9 Å². The van der Waals surface area contributed by atoms with Crippen molar-refractivity contribution in [2.45, 2.75) is 6.92 Å². The van der Waals surface area contributed by atoms with Crippen molar-refractivity contribution in [2.24, 2.45) is 0 Å². The van der Waals surface area contributed by atoms with Crippen LogP contribution >= 0.6 is 11.6 Å². The summed E-state index contributed by atoms with van der Waals surface area (Å²) in [5, 5.41) is 6.18. The molecule has 0 aliphatic rings. The van der Waals surface area contributed by atoms with Crippen molar-refractivity contribution in [3.63, 3.8) is 0 Å². The summed E-state index contributed by atoms with van der Waals surface area (Å²) in [6.45, 7) is 1.88. The number of carbonyl (C=O) groups is 1. The van der Waals surface area contributed by atoms with Crippen molar-refractivity contribution in [1.29, 1.82) is 0 Å². The highest BCUT2D eigenvalue weighted by atomic mass is 35.5. The van der Waals surface area contributed by atoms with Gasteiger partial charge < -0.3 is 10.6 Å². The Kier molecular flexibility index (Phi) is 4.90. The molecule has 5 nitrogen and oxygen atoms in total. The third-order valence-electron chi connectivity index (χ3n) is 3.54. The van der Waals surface area contributed by atoms with Crippen LogP contribution in [0.1, 0.15) is 16.1 Å². The second-order valence-electron chi connectivity index (χ2n) is 5.26. The minimum Gasteiger partial charge on any atom is -0.339 e. The van der Waals surface area contributed by atoms with Gasteiger partial charge in [0.25, 0.3) is 5.91 Å². The van der Waals surface area contributed by atoms with Gasteiger partial charge in [0.15, 0.2) is 0 Å². The number of para-hydroxylation sites is 1. The Bertz CT molecular complexity index is 915. The zero-order chi connectivity index (χ0) is 17.8. The van der Waals surface area contributed by atoms with Gasteiger partial charge in [0, 0.05) is 10.7 Å². The molecule has 1 heterocycles. The smallest absolute Gasteiger partial charge is 0.275 e. The number of carbonyl (C=O) groups excluding carboxylic acids is 1. The molecule has 3 aromatic rings. The fourth-order valence-corrected chi connectivity index (χ4v) is 2.31. The molecule has 1 aromatic heterocycles. The Morgan fingerprint density at radius 1 is 1.04 bits per heavy atom. The average Bonchev–Trinajstić information content (AvgIpc) is 2.61. The SMILES string of the molecule is Cc1c(Cl)cccc1Nc1cnc(C(=O)Nc2ccccc2F)cn1. The highest BCUT2D eigenvalue weighted by Gasteiger charge is 2.11. The third kappa shape index (κ3) is 3.92.